The molecule has 0 spiro atoms. The third-order valence-electron chi connectivity index (χ3n) is 2.82. The van der Waals surface area contributed by atoms with E-state index in [4.69, 9.17) is 0 Å². The monoisotopic (exact) mass is 214 g/mol. The Hall–Kier alpha value is -0.380. The van der Waals surface area contributed by atoms with Crippen LogP contribution in [-0.4, -0.2) is 19.4 Å². The zero-order valence-electron chi connectivity index (χ0n) is 10.7. The second-order valence-corrected chi connectivity index (χ2v) is 4.14. The summed E-state index contributed by atoms with van der Waals surface area (Å²) in [5.41, 5.74) is 4.14. The number of rotatable bonds is 8. The molecule has 0 saturated heterocycles. The summed E-state index contributed by atoms with van der Waals surface area (Å²) in [5.74, 6) is 0.612. The molecular formula is C12H28N3+. The van der Waals surface area contributed by atoms with Crippen LogP contribution in [0.15, 0.2) is 12.2 Å². The van der Waals surface area contributed by atoms with Crippen LogP contribution in [0.4, 0.5) is 0 Å². The molecule has 0 heterocycles. The van der Waals surface area contributed by atoms with Crippen LogP contribution in [-0.2, 0) is 0 Å². The van der Waals surface area contributed by atoms with Crippen LogP contribution in [0.5, 0.6) is 0 Å². The van der Waals surface area contributed by atoms with Crippen molar-refractivity contribution in [2.24, 2.45) is 5.92 Å². The molecule has 3 nitrogen and oxygen atoms in total. The van der Waals surface area contributed by atoms with Gasteiger partial charge < -0.3 is 11.1 Å². The minimum atomic E-state index is 0.244. The van der Waals surface area contributed by atoms with Crippen molar-refractivity contribution < 1.29 is 5.73 Å². The Labute approximate surface area is 94.5 Å². The van der Waals surface area contributed by atoms with E-state index in [-0.39, 0.29) is 6.17 Å². The van der Waals surface area contributed by atoms with Crippen LogP contribution in [0.25, 0.3) is 0 Å². The Bertz CT molecular complexity index is 168. The van der Waals surface area contributed by atoms with E-state index in [0.717, 1.165) is 12.8 Å². The fourth-order valence-corrected chi connectivity index (χ4v) is 1.31. The van der Waals surface area contributed by atoms with Gasteiger partial charge in [0.25, 0.3) is 0 Å². The summed E-state index contributed by atoms with van der Waals surface area (Å²) in [6.45, 7) is 6.62. The topological polar surface area (TPSA) is 51.7 Å². The van der Waals surface area contributed by atoms with Gasteiger partial charge in [0.2, 0.25) is 0 Å². The van der Waals surface area contributed by atoms with Gasteiger partial charge in [0, 0.05) is 5.92 Å². The average Bonchev–Trinajstić information content (AvgIpc) is 2.26. The first kappa shape index (κ1) is 14.6. The van der Waals surface area contributed by atoms with Gasteiger partial charge in [0.15, 0.2) is 0 Å². The van der Waals surface area contributed by atoms with Gasteiger partial charge in [-0.3, -0.25) is 0 Å². The standard InChI is InChI=1S/C12H27N3/c1-5-7-8-9-11(14-4)15-12(13)10(3)6-2/h8-12,14-15H,5-7,13H2,1-4H3/p+1. The highest BCUT2D eigenvalue weighted by atomic mass is 15.2. The lowest BCUT2D eigenvalue weighted by molar-refractivity contribution is -0.442. The number of hydrogen-bond acceptors (Lipinski definition) is 2. The van der Waals surface area contributed by atoms with Gasteiger partial charge in [0.1, 0.15) is 6.17 Å². The van der Waals surface area contributed by atoms with Crippen LogP contribution in [0.1, 0.15) is 40.0 Å². The van der Waals surface area contributed by atoms with Crippen LogP contribution in [0.3, 0.4) is 0 Å². The minimum absolute atomic E-state index is 0.244. The van der Waals surface area contributed by atoms with Gasteiger partial charge in [-0.2, -0.15) is 0 Å². The first-order valence-corrected chi connectivity index (χ1v) is 6.08. The molecule has 5 N–H and O–H groups in total. The Morgan fingerprint density at radius 2 is 2.00 bits per heavy atom. The van der Waals surface area contributed by atoms with Crippen LogP contribution in [0.2, 0.25) is 0 Å². The van der Waals surface area contributed by atoms with E-state index in [1.165, 1.54) is 6.42 Å². The Morgan fingerprint density at radius 3 is 2.47 bits per heavy atom. The molecule has 0 aliphatic carbocycles. The third kappa shape index (κ3) is 6.66. The normalized spacial score (nSPS) is 17.9. The maximum atomic E-state index is 4.14. The summed E-state index contributed by atoms with van der Waals surface area (Å²) in [4.78, 5) is 0. The van der Waals surface area contributed by atoms with Crippen molar-refractivity contribution in [3.63, 3.8) is 0 Å². The van der Waals surface area contributed by atoms with Gasteiger partial charge in [-0.05, 0) is 19.9 Å². The van der Waals surface area contributed by atoms with Crippen LogP contribution in [0, 0.1) is 5.92 Å². The van der Waals surface area contributed by atoms with Crippen molar-refractivity contribution in [1.82, 2.24) is 10.6 Å². The summed E-state index contributed by atoms with van der Waals surface area (Å²) in [6, 6.07) is 0. The number of likely N-dealkylation sites (N-methyl/N-ethyl adjacent to an activating group) is 1. The van der Waals surface area contributed by atoms with Gasteiger partial charge in [-0.25, -0.2) is 5.32 Å². The molecule has 0 fully saturated rings. The van der Waals surface area contributed by atoms with Gasteiger partial charge in [-0.1, -0.05) is 39.3 Å². The van der Waals surface area contributed by atoms with E-state index < -0.39 is 0 Å². The summed E-state index contributed by atoms with van der Waals surface area (Å²) in [6.07, 6.45) is 8.46. The summed E-state index contributed by atoms with van der Waals surface area (Å²) < 4.78 is 0. The van der Waals surface area contributed by atoms with E-state index in [2.05, 4.69) is 49.3 Å². The number of allylic oxidation sites excluding steroid dienone is 1. The smallest absolute Gasteiger partial charge is 0.142 e. The molecule has 0 radical (unpaired) electrons. The molecule has 0 bridgehead atoms. The molecule has 0 aromatic heterocycles. The molecule has 0 aromatic carbocycles. The maximum absolute atomic E-state index is 4.14. The lowest BCUT2D eigenvalue weighted by Gasteiger charge is -2.21. The molecule has 0 aromatic rings. The Kier molecular flexibility index (Phi) is 8.67. The first-order chi connectivity index (χ1) is 7.15. The number of nitrogens with one attached hydrogen (secondary N) is 2. The van der Waals surface area contributed by atoms with E-state index in [0.29, 0.717) is 12.1 Å². The quantitative estimate of drug-likeness (QED) is 0.418. The van der Waals surface area contributed by atoms with Crippen molar-refractivity contribution in [2.45, 2.75) is 52.4 Å². The molecule has 0 rings (SSSR count). The highest BCUT2D eigenvalue weighted by molar-refractivity contribution is 4.91. The fourth-order valence-electron chi connectivity index (χ4n) is 1.31. The fraction of sp³-hybridized carbons (Fsp3) is 0.833. The number of hydrogen-bond donors (Lipinski definition) is 3. The highest BCUT2D eigenvalue weighted by Crippen LogP contribution is 2.02. The minimum Gasteiger partial charge on any atom is -0.342 e. The number of quaternary nitrogens is 1. The highest BCUT2D eigenvalue weighted by Gasteiger charge is 2.16. The summed E-state index contributed by atoms with van der Waals surface area (Å²) >= 11 is 0. The van der Waals surface area contributed by atoms with Crippen LogP contribution >= 0.6 is 0 Å². The van der Waals surface area contributed by atoms with E-state index in [9.17, 15) is 0 Å². The van der Waals surface area contributed by atoms with E-state index >= 15 is 0 Å². The first-order valence-electron chi connectivity index (χ1n) is 6.08. The molecule has 3 heteroatoms. The second kappa shape index (κ2) is 8.89. The predicted octanol–water partition coefficient (Wildman–Crippen LogP) is 1.09. The molecule has 0 aliphatic heterocycles. The largest absolute Gasteiger partial charge is 0.342 e. The summed E-state index contributed by atoms with van der Waals surface area (Å²) in [5, 5.41) is 6.70. The molecular weight excluding hydrogens is 186 g/mol. The van der Waals surface area contributed by atoms with Gasteiger partial charge in [0.05, 0.1) is 6.17 Å². The molecule has 90 valence electrons. The molecule has 0 amide bonds. The van der Waals surface area contributed by atoms with E-state index in [1.807, 2.05) is 7.05 Å². The summed E-state index contributed by atoms with van der Waals surface area (Å²) in [7, 11) is 1.97. The Balaban J connectivity index is 3.97. The molecule has 0 aliphatic rings. The lowest BCUT2D eigenvalue weighted by atomic mass is 10.1. The number of unbranched alkanes of at least 4 members (excludes halogenated alkanes) is 1. The maximum Gasteiger partial charge on any atom is 0.142 e. The Morgan fingerprint density at radius 1 is 1.33 bits per heavy atom. The molecule has 0 saturated carbocycles. The third-order valence-corrected chi connectivity index (χ3v) is 2.82. The van der Waals surface area contributed by atoms with Crippen molar-refractivity contribution in [3.8, 4) is 0 Å². The molecule has 15 heavy (non-hydrogen) atoms. The van der Waals surface area contributed by atoms with Gasteiger partial charge >= 0.3 is 0 Å². The average molecular weight is 214 g/mol. The second-order valence-electron chi connectivity index (χ2n) is 4.14. The van der Waals surface area contributed by atoms with Crippen molar-refractivity contribution in [2.75, 3.05) is 7.05 Å². The zero-order valence-corrected chi connectivity index (χ0v) is 10.7. The SMILES string of the molecule is CCCC=CC(NC)NC([NH3+])C(C)CC. The molecule has 3 atom stereocenters. The zero-order chi connectivity index (χ0) is 11.7. The van der Waals surface area contributed by atoms with Crippen LogP contribution < -0.4 is 16.4 Å². The molecule has 3 unspecified atom stereocenters. The predicted molar refractivity (Wildman–Crippen MR) is 66.2 cm³/mol. The lowest BCUT2D eigenvalue weighted by Crippen LogP contribution is -2.73. The van der Waals surface area contributed by atoms with Crippen molar-refractivity contribution in [1.29, 1.82) is 0 Å². The van der Waals surface area contributed by atoms with Crippen molar-refractivity contribution >= 4 is 0 Å². The van der Waals surface area contributed by atoms with E-state index in [1.54, 1.807) is 0 Å². The van der Waals surface area contributed by atoms with Crippen molar-refractivity contribution in [3.05, 3.63) is 12.2 Å². The van der Waals surface area contributed by atoms with Gasteiger partial charge in [-0.15, -0.1) is 0 Å².